The number of nitrogens with one attached hydrogen (secondary N) is 1. The van der Waals surface area contributed by atoms with Crippen LogP contribution >= 0.6 is 15.9 Å². The topological polar surface area (TPSA) is 24.9 Å². The third-order valence-electron chi connectivity index (χ3n) is 2.48. The summed E-state index contributed by atoms with van der Waals surface area (Å²) >= 11 is 3.44. The van der Waals surface area contributed by atoms with Gasteiger partial charge in [-0.2, -0.15) is 0 Å². The molecule has 3 heteroatoms. The lowest BCUT2D eigenvalue weighted by Gasteiger charge is -2.16. The van der Waals surface area contributed by atoms with Crippen LogP contribution in [0.2, 0.25) is 0 Å². The number of benzene rings is 1. The van der Waals surface area contributed by atoms with Crippen LogP contribution in [0.25, 0.3) is 0 Å². The van der Waals surface area contributed by atoms with Crippen molar-refractivity contribution in [3.8, 4) is 0 Å². The number of hydrogen-bond acceptors (Lipinski definition) is 2. The lowest BCUT2D eigenvalue weighted by atomic mass is 10.0. The van der Waals surface area contributed by atoms with Gasteiger partial charge in [-0.15, -0.1) is 0 Å². The van der Waals surface area contributed by atoms with Crippen molar-refractivity contribution in [2.24, 2.45) is 0 Å². The number of nitrogens with zero attached hydrogens (tertiary/aromatic N) is 1. The van der Waals surface area contributed by atoms with E-state index in [4.69, 9.17) is 0 Å². The van der Waals surface area contributed by atoms with Gasteiger partial charge in [-0.1, -0.05) is 30.3 Å². The van der Waals surface area contributed by atoms with Crippen LogP contribution in [0.15, 0.2) is 53.3 Å². The van der Waals surface area contributed by atoms with Crippen LogP contribution < -0.4 is 5.32 Å². The summed E-state index contributed by atoms with van der Waals surface area (Å²) in [5.41, 5.74) is 2.40. The minimum atomic E-state index is 0.186. The van der Waals surface area contributed by atoms with Crippen molar-refractivity contribution in [1.82, 2.24) is 10.3 Å². The normalized spacial score (nSPS) is 12.4. The van der Waals surface area contributed by atoms with E-state index >= 15 is 0 Å². The van der Waals surface area contributed by atoms with Crippen LogP contribution in [0.1, 0.15) is 17.2 Å². The second-order valence-corrected chi connectivity index (χ2v) is 4.48. The molecule has 1 aromatic heterocycles. The SMILES string of the molecule is CNC(c1ccccc1)c1cncc(Br)c1. The molecule has 0 radical (unpaired) electrons. The van der Waals surface area contributed by atoms with Gasteiger partial charge in [-0.05, 0) is 40.2 Å². The van der Waals surface area contributed by atoms with Gasteiger partial charge in [0.25, 0.3) is 0 Å². The summed E-state index contributed by atoms with van der Waals surface area (Å²) in [7, 11) is 1.96. The Kier molecular flexibility index (Phi) is 3.70. The molecule has 1 unspecified atom stereocenters. The Morgan fingerprint density at radius 2 is 1.88 bits per heavy atom. The van der Waals surface area contributed by atoms with Crippen LogP contribution in [-0.4, -0.2) is 12.0 Å². The Hall–Kier alpha value is -1.19. The van der Waals surface area contributed by atoms with Crippen LogP contribution in [0.4, 0.5) is 0 Å². The van der Waals surface area contributed by atoms with Gasteiger partial charge in [0.15, 0.2) is 0 Å². The van der Waals surface area contributed by atoms with Crippen LogP contribution in [0.5, 0.6) is 0 Å². The second kappa shape index (κ2) is 5.23. The average Bonchev–Trinajstić information content (AvgIpc) is 2.31. The molecule has 0 aliphatic heterocycles. The van der Waals surface area contributed by atoms with Gasteiger partial charge in [-0.3, -0.25) is 4.98 Å². The number of rotatable bonds is 3. The fourth-order valence-corrected chi connectivity index (χ4v) is 2.14. The standard InChI is InChI=1S/C13H13BrN2/c1-15-13(10-5-3-2-4-6-10)11-7-12(14)9-16-8-11/h2-9,13,15H,1H3. The second-order valence-electron chi connectivity index (χ2n) is 3.57. The molecule has 0 saturated heterocycles. The fourth-order valence-electron chi connectivity index (χ4n) is 1.76. The highest BCUT2D eigenvalue weighted by atomic mass is 79.9. The maximum absolute atomic E-state index is 4.19. The first-order valence-corrected chi connectivity index (χ1v) is 5.93. The molecule has 2 aromatic rings. The molecule has 0 fully saturated rings. The molecule has 1 heterocycles. The average molecular weight is 277 g/mol. The van der Waals surface area contributed by atoms with Crippen molar-refractivity contribution in [3.63, 3.8) is 0 Å². The summed E-state index contributed by atoms with van der Waals surface area (Å²) in [6, 6.07) is 12.6. The summed E-state index contributed by atoms with van der Waals surface area (Å²) in [4.78, 5) is 4.19. The van der Waals surface area contributed by atoms with Crippen LogP contribution in [-0.2, 0) is 0 Å². The highest BCUT2D eigenvalue weighted by Crippen LogP contribution is 2.22. The number of aromatic nitrogens is 1. The molecule has 0 aliphatic rings. The summed E-state index contributed by atoms with van der Waals surface area (Å²) in [5.74, 6) is 0. The molecule has 1 aromatic carbocycles. The van der Waals surface area contributed by atoms with Gasteiger partial charge >= 0.3 is 0 Å². The van der Waals surface area contributed by atoms with Crippen molar-refractivity contribution < 1.29 is 0 Å². The Morgan fingerprint density at radius 1 is 1.12 bits per heavy atom. The third-order valence-corrected chi connectivity index (χ3v) is 2.91. The van der Waals surface area contributed by atoms with Gasteiger partial charge < -0.3 is 5.32 Å². The van der Waals surface area contributed by atoms with E-state index in [0.29, 0.717) is 0 Å². The first-order valence-electron chi connectivity index (χ1n) is 5.14. The van der Waals surface area contributed by atoms with E-state index in [-0.39, 0.29) is 6.04 Å². The van der Waals surface area contributed by atoms with E-state index < -0.39 is 0 Å². The molecule has 1 N–H and O–H groups in total. The maximum atomic E-state index is 4.19. The molecule has 0 spiro atoms. The minimum Gasteiger partial charge on any atom is -0.309 e. The van der Waals surface area contributed by atoms with Crippen LogP contribution in [0, 0.1) is 0 Å². The summed E-state index contributed by atoms with van der Waals surface area (Å²) in [6.45, 7) is 0. The Labute approximate surface area is 104 Å². The summed E-state index contributed by atoms with van der Waals surface area (Å²) in [6.07, 6.45) is 3.68. The van der Waals surface area contributed by atoms with Gasteiger partial charge in [-0.25, -0.2) is 0 Å². The molecule has 2 rings (SSSR count). The zero-order chi connectivity index (χ0) is 11.4. The predicted molar refractivity (Wildman–Crippen MR) is 69.3 cm³/mol. The monoisotopic (exact) mass is 276 g/mol. The Bertz CT molecular complexity index is 456. The van der Waals surface area contributed by atoms with Crippen molar-refractivity contribution >= 4 is 15.9 Å². The van der Waals surface area contributed by atoms with E-state index in [1.54, 1.807) is 6.20 Å². The Balaban J connectivity index is 2.37. The van der Waals surface area contributed by atoms with E-state index in [0.717, 1.165) is 10.0 Å². The van der Waals surface area contributed by atoms with Crippen molar-refractivity contribution in [1.29, 1.82) is 0 Å². The van der Waals surface area contributed by atoms with Gasteiger partial charge in [0.1, 0.15) is 0 Å². The molecule has 0 amide bonds. The predicted octanol–water partition coefficient (Wildman–Crippen LogP) is 3.15. The highest BCUT2D eigenvalue weighted by molar-refractivity contribution is 9.10. The van der Waals surface area contributed by atoms with E-state index in [1.807, 2.05) is 31.4 Å². The third kappa shape index (κ3) is 2.49. The van der Waals surface area contributed by atoms with Crippen molar-refractivity contribution in [2.45, 2.75) is 6.04 Å². The van der Waals surface area contributed by atoms with E-state index in [1.165, 1.54) is 5.56 Å². The first-order chi connectivity index (χ1) is 7.81. The van der Waals surface area contributed by atoms with Crippen molar-refractivity contribution in [3.05, 3.63) is 64.4 Å². The first kappa shape index (κ1) is 11.3. The molecule has 0 bridgehead atoms. The quantitative estimate of drug-likeness (QED) is 0.932. The van der Waals surface area contributed by atoms with E-state index in [2.05, 4.69) is 44.4 Å². The Morgan fingerprint density at radius 3 is 2.50 bits per heavy atom. The molecular formula is C13H13BrN2. The smallest absolute Gasteiger partial charge is 0.0589 e. The number of halogens is 1. The molecule has 2 nitrogen and oxygen atoms in total. The van der Waals surface area contributed by atoms with Crippen molar-refractivity contribution in [2.75, 3.05) is 7.05 Å². The number of hydrogen-bond donors (Lipinski definition) is 1. The molecule has 1 atom stereocenters. The van der Waals surface area contributed by atoms with Gasteiger partial charge in [0.05, 0.1) is 6.04 Å². The van der Waals surface area contributed by atoms with Gasteiger partial charge in [0.2, 0.25) is 0 Å². The minimum absolute atomic E-state index is 0.186. The highest BCUT2D eigenvalue weighted by Gasteiger charge is 2.11. The summed E-state index contributed by atoms with van der Waals surface area (Å²) in [5, 5.41) is 3.30. The fraction of sp³-hybridized carbons (Fsp3) is 0.154. The molecule has 0 saturated carbocycles. The van der Waals surface area contributed by atoms with Gasteiger partial charge in [0, 0.05) is 16.9 Å². The molecule has 82 valence electrons. The lowest BCUT2D eigenvalue weighted by Crippen LogP contribution is -2.17. The molecule has 16 heavy (non-hydrogen) atoms. The lowest BCUT2D eigenvalue weighted by molar-refractivity contribution is 0.688. The van der Waals surface area contributed by atoms with E-state index in [9.17, 15) is 0 Å². The number of pyridine rings is 1. The van der Waals surface area contributed by atoms with Crippen LogP contribution in [0.3, 0.4) is 0 Å². The zero-order valence-electron chi connectivity index (χ0n) is 9.02. The largest absolute Gasteiger partial charge is 0.309 e. The molecule has 0 aliphatic carbocycles. The zero-order valence-corrected chi connectivity index (χ0v) is 10.6. The molecular weight excluding hydrogens is 264 g/mol. The summed E-state index contributed by atoms with van der Waals surface area (Å²) < 4.78 is 1.00. The maximum Gasteiger partial charge on any atom is 0.0589 e.